The molecule has 74 heavy (non-hydrogen) atoms. The van der Waals surface area contributed by atoms with Crippen molar-refractivity contribution in [2.45, 2.75) is 197 Å². The minimum Gasteiger partial charge on any atom is -0.306 e. The van der Waals surface area contributed by atoms with Crippen molar-refractivity contribution in [1.82, 2.24) is 18.8 Å². The van der Waals surface area contributed by atoms with Gasteiger partial charge in [-0.05, 0) is 169 Å². The molecule has 4 heteroatoms. The molecule has 4 nitrogen and oxygen atoms in total. The lowest BCUT2D eigenvalue weighted by Crippen LogP contribution is -2.35. The van der Waals surface area contributed by atoms with E-state index < -0.39 is 0 Å². The van der Waals surface area contributed by atoms with Crippen LogP contribution in [0.4, 0.5) is 0 Å². The van der Waals surface area contributed by atoms with E-state index >= 15 is 0 Å². The van der Waals surface area contributed by atoms with Crippen molar-refractivity contribution in [3.63, 3.8) is 0 Å². The molecular formula is C70H78N4. The molecule has 0 fully saturated rings. The molecule has 6 aromatic heterocycles. The number of aromatic nitrogens is 4. The van der Waals surface area contributed by atoms with Crippen LogP contribution in [0.5, 0.6) is 0 Å². The summed E-state index contributed by atoms with van der Waals surface area (Å²) in [4.78, 5) is 11.3. The molecule has 2 aliphatic rings. The molecule has 0 atom stereocenters. The topological polar surface area (TPSA) is 34.6 Å². The first-order chi connectivity index (χ1) is 34.4. The van der Waals surface area contributed by atoms with E-state index in [9.17, 15) is 0 Å². The maximum atomic E-state index is 5.66. The van der Waals surface area contributed by atoms with Crippen molar-refractivity contribution >= 4 is 76.2 Å². The number of hydrogen-bond donors (Lipinski definition) is 0. The highest BCUT2D eigenvalue weighted by molar-refractivity contribution is 6.39. The summed E-state index contributed by atoms with van der Waals surface area (Å²) in [5.74, 6) is 0. The Morgan fingerprint density at radius 2 is 0.676 bits per heavy atom. The van der Waals surface area contributed by atoms with E-state index in [4.69, 9.17) is 9.97 Å². The van der Waals surface area contributed by atoms with Crippen LogP contribution >= 0.6 is 0 Å². The predicted molar refractivity (Wildman–Crippen MR) is 319 cm³/mol. The van der Waals surface area contributed by atoms with Crippen molar-refractivity contribution in [1.29, 1.82) is 0 Å². The van der Waals surface area contributed by atoms with Crippen LogP contribution in [-0.2, 0) is 32.5 Å². The second-order valence-electron chi connectivity index (χ2n) is 28.8. The first kappa shape index (κ1) is 47.7. The van der Waals surface area contributed by atoms with Crippen LogP contribution < -0.4 is 0 Å². The molecule has 13 rings (SSSR count). The zero-order valence-electron chi connectivity index (χ0n) is 48.4. The minimum atomic E-state index is -0.114. The fraction of sp³-hybridized carbons (Fsp3) is 0.429. The zero-order valence-corrected chi connectivity index (χ0v) is 48.4. The Hall–Kier alpha value is -6.00. The molecule has 2 aliphatic carbocycles. The molecule has 0 saturated carbocycles. The van der Waals surface area contributed by atoms with Crippen LogP contribution in [0.1, 0.15) is 190 Å². The van der Waals surface area contributed by atoms with Gasteiger partial charge in [0.1, 0.15) is 0 Å². The second-order valence-corrected chi connectivity index (χ2v) is 28.8. The summed E-state index contributed by atoms with van der Waals surface area (Å²) < 4.78 is 5.48. The number of benzene rings is 5. The van der Waals surface area contributed by atoms with Gasteiger partial charge >= 0.3 is 0 Å². The van der Waals surface area contributed by atoms with E-state index in [1.54, 1.807) is 0 Å². The van der Waals surface area contributed by atoms with Gasteiger partial charge in [-0.2, -0.15) is 0 Å². The van der Waals surface area contributed by atoms with Gasteiger partial charge in [-0.15, -0.1) is 0 Å². The SMILES string of the molecule is Cc1cc(C)c(-c2c3c4cc(C(C)(C)C)cc5c6c7c(ncc6n(c3c(-c3c(C)cc(C)cc3C)c3c6cc(C(C)(C)C)cc8c9c%10c(ncc9n(c23)c86)C(C)(C)CCC%10(C)C)c54)C(C)(C)CCC7(C)C)c(C)c1. The molecule has 0 aliphatic heterocycles. The summed E-state index contributed by atoms with van der Waals surface area (Å²) >= 11 is 0. The number of rotatable bonds is 2. The molecule has 378 valence electrons. The molecule has 0 amide bonds. The van der Waals surface area contributed by atoms with Gasteiger partial charge in [-0.1, -0.05) is 132 Å². The number of aryl methyl sites for hydroxylation is 6. The van der Waals surface area contributed by atoms with Gasteiger partial charge in [0.25, 0.3) is 0 Å². The molecule has 5 aromatic carbocycles. The predicted octanol–water partition coefficient (Wildman–Crippen LogP) is 19.3. The average Bonchev–Trinajstić information content (AvgIpc) is 4.02. The van der Waals surface area contributed by atoms with Crippen LogP contribution in [0.15, 0.2) is 60.9 Å². The van der Waals surface area contributed by atoms with Crippen LogP contribution in [-0.4, -0.2) is 18.8 Å². The standard InChI is InChI=1S/C70H78N4/c1-35-25-37(3)49(38(4)26-35)55-53-45-31-41(65(7,8)9)29-43-52-48(34-72-64-58(52)68(15,16)22-24-70(64,19)20)74(59(43)45)62(53)56(50-39(5)27-36(2)28-40(50)6)54-46-32-42(66(10,11)12)30-44-51-47(73(60(44)46)61(54)55)33-71-63-57(51)67(13,14)21-23-69(63,17)18/h25-34H,21-24H2,1-20H3. The number of hydrogen-bond acceptors (Lipinski definition) is 2. The van der Waals surface area contributed by atoms with Crippen molar-refractivity contribution in [2.75, 3.05) is 0 Å². The monoisotopic (exact) mass is 975 g/mol. The molecule has 0 unspecified atom stereocenters. The number of fused-ring (bicyclic) bond motifs is 16. The maximum Gasteiger partial charge on any atom is 0.0728 e. The highest BCUT2D eigenvalue weighted by Crippen LogP contribution is 2.59. The van der Waals surface area contributed by atoms with E-state index in [1.807, 2.05) is 0 Å². The van der Waals surface area contributed by atoms with Gasteiger partial charge in [0.05, 0.1) is 56.9 Å². The van der Waals surface area contributed by atoms with Crippen molar-refractivity contribution in [3.8, 4) is 22.3 Å². The normalized spacial score (nSPS) is 17.7. The van der Waals surface area contributed by atoms with Crippen molar-refractivity contribution < 1.29 is 0 Å². The summed E-state index contributed by atoms with van der Waals surface area (Å²) in [5.41, 5.74) is 28.6. The summed E-state index contributed by atoms with van der Waals surface area (Å²) in [7, 11) is 0. The van der Waals surface area contributed by atoms with Gasteiger partial charge in [0.15, 0.2) is 0 Å². The zero-order chi connectivity index (χ0) is 52.8. The molecule has 0 bridgehead atoms. The Balaban J connectivity index is 1.44. The van der Waals surface area contributed by atoms with Crippen molar-refractivity contribution in [2.24, 2.45) is 0 Å². The van der Waals surface area contributed by atoms with E-state index in [-0.39, 0.29) is 32.5 Å². The lowest BCUT2D eigenvalue weighted by Gasteiger charge is -2.41. The lowest BCUT2D eigenvalue weighted by molar-refractivity contribution is 0.326. The quantitative estimate of drug-likeness (QED) is 0.173. The highest BCUT2D eigenvalue weighted by atomic mass is 15.0. The number of nitrogens with zero attached hydrogens (tertiary/aromatic N) is 4. The first-order valence-electron chi connectivity index (χ1n) is 27.9. The van der Waals surface area contributed by atoms with Gasteiger partial charge in [-0.3, -0.25) is 9.97 Å². The molecule has 0 radical (unpaired) electrons. The Kier molecular flexibility index (Phi) is 9.33. The van der Waals surface area contributed by atoms with E-state index in [0.29, 0.717) is 0 Å². The van der Waals surface area contributed by atoms with E-state index in [1.165, 1.54) is 165 Å². The van der Waals surface area contributed by atoms with Gasteiger partial charge < -0.3 is 8.80 Å². The van der Waals surface area contributed by atoms with Crippen molar-refractivity contribution in [3.05, 3.63) is 128 Å². The smallest absolute Gasteiger partial charge is 0.0728 e. The molecule has 11 aromatic rings. The fourth-order valence-electron chi connectivity index (χ4n) is 15.4. The minimum absolute atomic E-state index is 0.0332. The summed E-state index contributed by atoms with van der Waals surface area (Å²) in [6.45, 7) is 48.1. The fourth-order valence-corrected chi connectivity index (χ4v) is 15.4. The Morgan fingerprint density at radius 3 is 0.986 bits per heavy atom. The van der Waals surface area contributed by atoms with Crippen LogP contribution in [0.2, 0.25) is 0 Å². The molecular weight excluding hydrogens is 897 g/mol. The molecule has 0 saturated heterocycles. The molecule has 0 N–H and O–H groups in total. The third-order valence-electron chi connectivity index (χ3n) is 19.2. The lowest BCUT2D eigenvalue weighted by atomic mass is 9.64. The van der Waals surface area contributed by atoms with Crippen LogP contribution in [0, 0.1) is 41.5 Å². The first-order valence-corrected chi connectivity index (χ1v) is 27.9. The van der Waals surface area contributed by atoms with Crippen LogP contribution in [0.25, 0.3) is 98.4 Å². The summed E-state index contributed by atoms with van der Waals surface area (Å²) in [6.07, 6.45) is 9.06. The summed E-state index contributed by atoms with van der Waals surface area (Å²) in [6, 6.07) is 20.1. The number of pyridine rings is 2. The van der Waals surface area contributed by atoms with Crippen LogP contribution in [0.3, 0.4) is 0 Å². The Morgan fingerprint density at radius 1 is 0.378 bits per heavy atom. The highest BCUT2D eigenvalue weighted by Gasteiger charge is 2.44. The average molecular weight is 975 g/mol. The summed E-state index contributed by atoms with van der Waals surface area (Å²) in [5, 5.41) is 10.8. The van der Waals surface area contributed by atoms with Gasteiger partial charge in [0, 0.05) is 65.0 Å². The maximum absolute atomic E-state index is 5.66. The Labute approximate surface area is 439 Å². The third-order valence-corrected chi connectivity index (χ3v) is 19.2. The van der Waals surface area contributed by atoms with E-state index in [0.717, 1.165) is 25.7 Å². The molecule has 0 spiro atoms. The molecule has 6 heterocycles. The second kappa shape index (κ2) is 14.5. The largest absolute Gasteiger partial charge is 0.306 e. The van der Waals surface area contributed by atoms with Gasteiger partial charge in [0.2, 0.25) is 0 Å². The van der Waals surface area contributed by atoms with E-state index in [2.05, 4.69) is 208 Å². The van der Waals surface area contributed by atoms with Gasteiger partial charge in [-0.25, -0.2) is 0 Å². The third kappa shape index (κ3) is 6.09. The Bertz CT molecular complexity index is 3990.